The van der Waals surface area contributed by atoms with Crippen LogP contribution in [0.3, 0.4) is 0 Å². The average Bonchev–Trinajstić information content (AvgIpc) is 2.82. The second-order valence-corrected chi connectivity index (χ2v) is 4.35. The van der Waals surface area contributed by atoms with Crippen molar-refractivity contribution in [1.82, 2.24) is 19.7 Å². The lowest BCUT2D eigenvalue weighted by Gasteiger charge is -2.04. The van der Waals surface area contributed by atoms with Crippen molar-refractivity contribution in [3.63, 3.8) is 0 Å². The first-order valence-electron chi connectivity index (χ1n) is 4.67. The fourth-order valence-corrected chi connectivity index (χ4v) is 1.96. The summed E-state index contributed by atoms with van der Waals surface area (Å²) in [4.78, 5) is 8.89. The summed E-state index contributed by atoms with van der Waals surface area (Å²) in [7, 11) is 0. The number of halogens is 1. The van der Waals surface area contributed by atoms with E-state index in [-0.39, 0.29) is 18.4 Å². The zero-order chi connectivity index (χ0) is 11.7. The van der Waals surface area contributed by atoms with Gasteiger partial charge in [-0.3, -0.25) is 0 Å². The normalized spacial score (nSPS) is 11.6. The first kappa shape index (κ1) is 13.6. The van der Waals surface area contributed by atoms with Gasteiger partial charge in [-0.25, -0.2) is 9.97 Å². The monoisotopic (exact) mass is 270 g/mol. The molecule has 0 saturated heterocycles. The molecule has 2 aromatic rings. The molecule has 0 radical (unpaired) electrons. The molecular weight excluding hydrogens is 260 g/mol. The Bertz CT molecular complexity index is 552. The fourth-order valence-electron chi connectivity index (χ4n) is 1.28. The Morgan fingerprint density at radius 3 is 2.82 bits per heavy atom. The number of aryl methyl sites for hydroxylation is 1. The van der Waals surface area contributed by atoms with Gasteiger partial charge in [-0.2, -0.15) is 9.94 Å². The molecule has 0 fully saturated rings. The molecule has 6 nitrogen and oxygen atoms in total. The maximum absolute atomic E-state index is 8.73. The lowest BCUT2D eigenvalue weighted by molar-refractivity contribution is 0.687. The molecule has 0 bridgehead atoms. The van der Waals surface area contributed by atoms with Crippen molar-refractivity contribution in [2.24, 2.45) is 5.73 Å². The van der Waals surface area contributed by atoms with Crippen molar-refractivity contribution in [3.05, 3.63) is 22.7 Å². The zero-order valence-corrected chi connectivity index (χ0v) is 10.9. The van der Waals surface area contributed by atoms with E-state index in [4.69, 9.17) is 11.0 Å². The first-order chi connectivity index (χ1) is 7.61. The Kier molecular flexibility index (Phi) is 4.17. The van der Waals surface area contributed by atoms with E-state index in [1.807, 2.05) is 13.0 Å². The predicted molar refractivity (Wildman–Crippen MR) is 66.3 cm³/mol. The highest BCUT2D eigenvalue weighted by atomic mass is 35.5. The summed E-state index contributed by atoms with van der Waals surface area (Å²) in [6, 6.07) is 1.81. The zero-order valence-electron chi connectivity index (χ0n) is 9.28. The fraction of sp³-hybridized carbons (Fsp3) is 0.333. The molecule has 1 atom stereocenters. The summed E-state index contributed by atoms with van der Waals surface area (Å²) in [5.41, 5.74) is 5.79. The minimum absolute atomic E-state index is 0. The van der Waals surface area contributed by atoms with Crippen LogP contribution in [0.2, 0.25) is 0 Å². The molecule has 0 saturated carbocycles. The predicted octanol–water partition coefficient (Wildman–Crippen LogP) is 1.35. The Morgan fingerprint density at radius 2 is 2.29 bits per heavy atom. The molecule has 0 unspecified atom stereocenters. The molecule has 2 N–H and O–H groups in total. The molecule has 2 heterocycles. The van der Waals surface area contributed by atoms with E-state index in [0.29, 0.717) is 21.7 Å². The summed E-state index contributed by atoms with van der Waals surface area (Å²) >= 11 is 1.26. The molecule has 0 aliphatic heterocycles. The van der Waals surface area contributed by atoms with Crippen LogP contribution in [0.4, 0.5) is 0 Å². The van der Waals surface area contributed by atoms with Crippen LogP contribution in [-0.2, 0) is 0 Å². The van der Waals surface area contributed by atoms with E-state index >= 15 is 0 Å². The maximum atomic E-state index is 8.73. The van der Waals surface area contributed by atoms with E-state index in [9.17, 15) is 0 Å². The molecule has 0 amide bonds. The van der Waals surface area contributed by atoms with Gasteiger partial charge in [-0.05, 0) is 13.8 Å². The highest BCUT2D eigenvalue weighted by Gasteiger charge is 2.15. The van der Waals surface area contributed by atoms with E-state index in [1.54, 1.807) is 11.6 Å². The van der Waals surface area contributed by atoms with Gasteiger partial charge in [0.05, 0.1) is 12.2 Å². The summed E-state index contributed by atoms with van der Waals surface area (Å²) in [5.74, 6) is 1.29. The van der Waals surface area contributed by atoms with Gasteiger partial charge in [-0.1, -0.05) is 11.3 Å². The van der Waals surface area contributed by atoms with Gasteiger partial charge < -0.3 is 5.73 Å². The van der Waals surface area contributed by atoms with Crippen LogP contribution in [-0.4, -0.2) is 19.7 Å². The number of nitrogens with zero attached hydrogens (tertiary/aromatic N) is 5. The number of nitriles is 1. The average molecular weight is 271 g/mol. The molecule has 8 heteroatoms. The van der Waals surface area contributed by atoms with Crippen LogP contribution in [0.15, 0.2) is 6.20 Å². The second-order valence-electron chi connectivity index (χ2n) is 3.34. The molecule has 0 aliphatic carbocycles. The van der Waals surface area contributed by atoms with Crippen LogP contribution < -0.4 is 5.73 Å². The van der Waals surface area contributed by atoms with Crippen LogP contribution in [0, 0.1) is 18.3 Å². The molecule has 2 rings (SSSR count). The Hall–Kier alpha value is -1.49. The molecule has 17 heavy (non-hydrogen) atoms. The smallest absolute Gasteiger partial charge is 0.213 e. The van der Waals surface area contributed by atoms with E-state index in [0.717, 1.165) is 0 Å². The van der Waals surface area contributed by atoms with E-state index in [1.165, 1.54) is 17.5 Å². The Labute approximate surface area is 109 Å². The number of aromatic nitrogens is 4. The quantitative estimate of drug-likeness (QED) is 0.889. The van der Waals surface area contributed by atoms with Crippen molar-refractivity contribution >= 4 is 23.7 Å². The number of hydrogen-bond acceptors (Lipinski definition) is 6. The summed E-state index contributed by atoms with van der Waals surface area (Å²) < 4.78 is 1.59. The third-order valence-electron chi connectivity index (χ3n) is 1.93. The Morgan fingerprint density at radius 1 is 1.59 bits per heavy atom. The number of rotatable bonds is 2. The third-order valence-corrected chi connectivity index (χ3v) is 2.81. The van der Waals surface area contributed by atoms with Crippen molar-refractivity contribution in [2.45, 2.75) is 19.9 Å². The van der Waals surface area contributed by atoms with E-state index in [2.05, 4.69) is 15.1 Å². The highest BCUT2D eigenvalue weighted by molar-refractivity contribution is 7.14. The van der Waals surface area contributed by atoms with Crippen LogP contribution >= 0.6 is 23.7 Å². The van der Waals surface area contributed by atoms with Crippen molar-refractivity contribution < 1.29 is 0 Å². The molecular formula is C9H11ClN6S. The van der Waals surface area contributed by atoms with Gasteiger partial charge in [0, 0.05) is 0 Å². The van der Waals surface area contributed by atoms with Crippen LogP contribution in [0.25, 0.3) is 5.13 Å². The third kappa shape index (κ3) is 2.61. The van der Waals surface area contributed by atoms with Crippen LogP contribution in [0.1, 0.15) is 29.5 Å². The van der Waals surface area contributed by atoms with Crippen molar-refractivity contribution in [1.29, 1.82) is 5.26 Å². The SMILES string of the molecule is Cc1nc([C@H](C)N)n(-c2ncc(C#N)s2)n1.Cl. The van der Waals surface area contributed by atoms with E-state index < -0.39 is 0 Å². The number of nitrogens with two attached hydrogens (primary N) is 1. The molecule has 0 aliphatic rings. The van der Waals surface area contributed by atoms with Gasteiger partial charge in [0.15, 0.2) is 5.82 Å². The lowest BCUT2D eigenvalue weighted by atomic mass is 10.3. The van der Waals surface area contributed by atoms with Crippen molar-refractivity contribution in [3.8, 4) is 11.2 Å². The van der Waals surface area contributed by atoms with Gasteiger partial charge in [0.2, 0.25) is 5.13 Å². The van der Waals surface area contributed by atoms with Crippen molar-refractivity contribution in [2.75, 3.05) is 0 Å². The van der Waals surface area contributed by atoms with Gasteiger partial charge in [0.25, 0.3) is 0 Å². The lowest BCUT2D eigenvalue weighted by Crippen LogP contribution is -2.13. The minimum Gasteiger partial charge on any atom is -0.322 e. The second kappa shape index (κ2) is 5.23. The summed E-state index contributed by atoms with van der Waals surface area (Å²) in [6.07, 6.45) is 1.52. The minimum atomic E-state index is -0.226. The highest BCUT2D eigenvalue weighted by Crippen LogP contribution is 2.19. The standard InChI is InChI=1S/C9H10N6S.ClH/c1-5(11)8-13-6(2)14-15(8)9-12-4-7(3-10)16-9;/h4-5H,11H2,1-2H3;1H/t5-;/m0./s1. The molecule has 2 aromatic heterocycles. The van der Waals surface area contributed by atoms with Crippen LogP contribution in [0.5, 0.6) is 0 Å². The number of thiazole rings is 1. The Balaban J connectivity index is 0.00000144. The van der Waals surface area contributed by atoms with Gasteiger partial charge >= 0.3 is 0 Å². The first-order valence-corrected chi connectivity index (χ1v) is 5.49. The largest absolute Gasteiger partial charge is 0.322 e. The van der Waals surface area contributed by atoms with Gasteiger partial charge in [0.1, 0.15) is 16.8 Å². The number of hydrogen-bond donors (Lipinski definition) is 1. The summed E-state index contributed by atoms with van der Waals surface area (Å²) in [5, 5.41) is 13.6. The molecule has 0 spiro atoms. The maximum Gasteiger partial charge on any atom is 0.213 e. The topological polar surface area (TPSA) is 93.4 Å². The molecule has 90 valence electrons. The summed E-state index contributed by atoms with van der Waals surface area (Å²) in [6.45, 7) is 3.62. The molecule has 0 aromatic carbocycles. The van der Waals surface area contributed by atoms with Gasteiger partial charge in [-0.15, -0.1) is 17.5 Å².